The summed E-state index contributed by atoms with van der Waals surface area (Å²) in [5, 5.41) is 22.6. The van der Waals surface area contributed by atoms with Gasteiger partial charge in [-0.25, -0.2) is 4.98 Å². The number of benzene rings is 1. The number of carboxylic acid groups (broad SMARTS) is 3. The van der Waals surface area contributed by atoms with E-state index in [2.05, 4.69) is 14.9 Å². The Morgan fingerprint density at radius 3 is 2.32 bits per heavy atom. The molecule has 0 amide bonds. The maximum Gasteiger partial charge on any atom is 0.307 e. The highest BCUT2D eigenvalue weighted by molar-refractivity contribution is 5.70. The van der Waals surface area contributed by atoms with Crippen LogP contribution in [-0.2, 0) is 33.8 Å². The molecule has 1 aromatic carbocycles. The first kappa shape index (κ1) is 25.5. The van der Waals surface area contributed by atoms with Crippen LogP contribution in [0.3, 0.4) is 0 Å². The lowest BCUT2D eigenvalue weighted by Gasteiger charge is -2.15. The van der Waals surface area contributed by atoms with Crippen LogP contribution in [0, 0.1) is 12.8 Å². The first-order valence-corrected chi connectivity index (χ1v) is 9.55. The Labute approximate surface area is 179 Å². The predicted molar refractivity (Wildman–Crippen MR) is 112 cm³/mol. The van der Waals surface area contributed by atoms with Crippen molar-refractivity contribution in [2.75, 3.05) is 13.1 Å². The lowest BCUT2D eigenvalue weighted by Crippen LogP contribution is -2.23. The maximum absolute atomic E-state index is 11.5. The van der Waals surface area contributed by atoms with E-state index in [-0.39, 0.29) is 24.9 Å². The second kappa shape index (κ2) is 13.6. The summed E-state index contributed by atoms with van der Waals surface area (Å²) in [4.78, 5) is 48.4. The van der Waals surface area contributed by atoms with E-state index in [1.807, 2.05) is 24.3 Å². The molecule has 4 N–H and O–H groups in total. The van der Waals surface area contributed by atoms with E-state index in [1.54, 1.807) is 13.0 Å². The Hall–Kier alpha value is -3.53. The third-order valence-electron chi connectivity index (χ3n) is 4.57. The zero-order valence-electron chi connectivity index (χ0n) is 17.2. The molecule has 1 aliphatic rings. The molecule has 0 saturated carbocycles. The number of likely N-dealkylation sites (tertiary alicyclic amines) is 1. The topological polar surface area (TPSA) is 161 Å². The molecule has 2 heterocycles. The Morgan fingerprint density at radius 1 is 1.19 bits per heavy atom. The van der Waals surface area contributed by atoms with Gasteiger partial charge in [-0.3, -0.25) is 24.1 Å². The van der Waals surface area contributed by atoms with Crippen LogP contribution in [0.2, 0.25) is 0 Å². The van der Waals surface area contributed by atoms with Gasteiger partial charge in [-0.05, 0) is 43.4 Å². The summed E-state index contributed by atoms with van der Waals surface area (Å²) in [6.07, 6.45) is 2.19. The quantitative estimate of drug-likeness (QED) is 0.490. The normalized spacial score (nSPS) is 15.1. The first-order chi connectivity index (χ1) is 14.8. The zero-order chi connectivity index (χ0) is 23.2. The summed E-state index contributed by atoms with van der Waals surface area (Å²) >= 11 is 0. The number of carbonyl (C=O) groups is 3. The summed E-state index contributed by atoms with van der Waals surface area (Å²) in [6, 6.07) is 9.44. The van der Waals surface area contributed by atoms with Crippen molar-refractivity contribution < 1.29 is 29.7 Å². The highest BCUT2D eigenvalue weighted by Gasteiger charge is 2.23. The molecule has 10 nitrogen and oxygen atoms in total. The van der Waals surface area contributed by atoms with Crippen molar-refractivity contribution in [1.82, 2.24) is 14.9 Å². The van der Waals surface area contributed by atoms with Crippen LogP contribution in [0.25, 0.3) is 0 Å². The van der Waals surface area contributed by atoms with Crippen molar-refractivity contribution >= 4 is 18.9 Å². The number of aromatic amines is 1. The zero-order valence-corrected chi connectivity index (χ0v) is 17.2. The molecule has 0 bridgehead atoms. The number of rotatable bonds is 6. The van der Waals surface area contributed by atoms with E-state index in [4.69, 9.17) is 24.9 Å². The standard InChI is InChI=1S/C19H23N3O3.2CH2O2/c1-13-20-17(10-18(23)21-13)12-22-7-6-16(11-22)8-14-2-4-15(5-3-14)9-19(24)25;2*2-1-3/h2-5,10,16H,6-9,11-12H2,1H3,(H,24,25)(H,20,21,23);2*1H,(H,2,3). The van der Waals surface area contributed by atoms with Crippen LogP contribution in [0.15, 0.2) is 35.1 Å². The van der Waals surface area contributed by atoms with E-state index >= 15 is 0 Å². The second-order valence-electron chi connectivity index (χ2n) is 7.01. The average Bonchev–Trinajstić information content (AvgIpc) is 3.10. The Bertz CT molecular complexity index is 891. The SMILES string of the molecule is Cc1nc(CN2CCC(Cc3ccc(CC(=O)O)cc3)C2)cc(=O)[nH]1.O=CO.O=CO. The maximum atomic E-state index is 11.5. The van der Waals surface area contributed by atoms with Crippen molar-refractivity contribution in [3.63, 3.8) is 0 Å². The molecule has 168 valence electrons. The van der Waals surface area contributed by atoms with Gasteiger partial charge in [0.15, 0.2) is 0 Å². The number of H-pyrrole nitrogens is 1. The van der Waals surface area contributed by atoms with Gasteiger partial charge in [-0.1, -0.05) is 24.3 Å². The largest absolute Gasteiger partial charge is 0.483 e. The van der Waals surface area contributed by atoms with Gasteiger partial charge >= 0.3 is 5.97 Å². The third kappa shape index (κ3) is 10.2. The predicted octanol–water partition coefficient (Wildman–Crippen LogP) is 1.17. The molecule has 2 aromatic rings. The number of hydrogen-bond donors (Lipinski definition) is 4. The molecule has 1 atom stereocenters. The fourth-order valence-electron chi connectivity index (χ4n) is 3.48. The average molecular weight is 433 g/mol. The van der Waals surface area contributed by atoms with Crippen LogP contribution in [0.1, 0.15) is 29.1 Å². The minimum atomic E-state index is -0.803. The monoisotopic (exact) mass is 433 g/mol. The van der Waals surface area contributed by atoms with Gasteiger partial charge in [0.25, 0.3) is 18.5 Å². The van der Waals surface area contributed by atoms with Crippen LogP contribution >= 0.6 is 0 Å². The van der Waals surface area contributed by atoms with E-state index in [0.29, 0.717) is 18.3 Å². The van der Waals surface area contributed by atoms with E-state index < -0.39 is 5.97 Å². The van der Waals surface area contributed by atoms with Crippen LogP contribution in [-0.4, -0.2) is 62.2 Å². The second-order valence-corrected chi connectivity index (χ2v) is 7.01. The van der Waals surface area contributed by atoms with Crippen LogP contribution in [0.5, 0.6) is 0 Å². The molecule has 1 saturated heterocycles. The molecule has 1 fully saturated rings. The highest BCUT2D eigenvalue weighted by Crippen LogP contribution is 2.22. The van der Waals surface area contributed by atoms with Gasteiger partial charge < -0.3 is 20.3 Å². The number of hydrogen-bond acceptors (Lipinski definition) is 6. The van der Waals surface area contributed by atoms with Crippen molar-refractivity contribution in [2.24, 2.45) is 5.92 Å². The highest BCUT2D eigenvalue weighted by atomic mass is 16.4. The summed E-state index contributed by atoms with van der Waals surface area (Å²) in [7, 11) is 0. The minimum Gasteiger partial charge on any atom is -0.483 e. The molecule has 31 heavy (non-hydrogen) atoms. The van der Waals surface area contributed by atoms with E-state index in [0.717, 1.165) is 37.2 Å². The molecule has 0 spiro atoms. The molecular weight excluding hydrogens is 406 g/mol. The van der Waals surface area contributed by atoms with E-state index in [9.17, 15) is 9.59 Å². The van der Waals surface area contributed by atoms with Crippen LogP contribution < -0.4 is 5.56 Å². The van der Waals surface area contributed by atoms with E-state index in [1.165, 1.54) is 5.56 Å². The molecule has 1 aliphatic heterocycles. The number of nitrogens with one attached hydrogen (secondary N) is 1. The van der Waals surface area contributed by atoms with Crippen molar-refractivity contribution in [1.29, 1.82) is 0 Å². The van der Waals surface area contributed by atoms with Gasteiger partial charge in [-0.2, -0.15) is 0 Å². The molecular formula is C21H27N3O7. The van der Waals surface area contributed by atoms with Gasteiger partial charge in [-0.15, -0.1) is 0 Å². The summed E-state index contributed by atoms with van der Waals surface area (Å²) in [5.74, 6) is 0.427. The molecule has 0 radical (unpaired) electrons. The smallest absolute Gasteiger partial charge is 0.307 e. The Kier molecular flexibility index (Phi) is 11.2. The molecule has 3 rings (SSSR count). The minimum absolute atomic E-state index is 0.0696. The van der Waals surface area contributed by atoms with Gasteiger partial charge in [0.1, 0.15) is 5.82 Å². The molecule has 10 heteroatoms. The summed E-state index contributed by atoms with van der Waals surface area (Å²) in [5.41, 5.74) is 2.80. The van der Waals surface area contributed by atoms with Gasteiger partial charge in [0.2, 0.25) is 0 Å². The Morgan fingerprint density at radius 2 is 1.77 bits per heavy atom. The number of aryl methyl sites for hydroxylation is 1. The van der Waals surface area contributed by atoms with Crippen molar-refractivity contribution in [3.05, 3.63) is 63.3 Å². The molecule has 1 unspecified atom stereocenters. The van der Waals surface area contributed by atoms with Gasteiger partial charge in [0.05, 0.1) is 12.1 Å². The lowest BCUT2D eigenvalue weighted by molar-refractivity contribution is -0.136. The number of aromatic nitrogens is 2. The first-order valence-electron chi connectivity index (χ1n) is 9.55. The van der Waals surface area contributed by atoms with Crippen LogP contribution in [0.4, 0.5) is 0 Å². The fourth-order valence-corrected chi connectivity index (χ4v) is 3.48. The summed E-state index contributed by atoms with van der Waals surface area (Å²) < 4.78 is 0. The number of carboxylic acids is 1. The molecule has 0 aliphatic carbocycles. The fraction of sp³-hybridized carbons (Fsp3) is 0.381. The summed E-state index contributed by atoms with van der Waals surface area (Å²) in [6.45, 7) is 4.00. The number of nitrogens with zero attached hydrogens (tertiary/aromatic N) is 2. The number of aliphatic carboxylic acids is 1. The van der Waals surface area contributed by atoms with Gasteiger partial charge in [0, 0.05) is 19.2 Å². The Balaban J connectivity index is 0.000000720. The lowest BCUT2D eigenvalue weighted by atomic mass is 9.97. The third-order valence-corrected chi connectivity index (χ3v) is 4.57. The molecule has 1 aromatic heterocycles. The van der Waals surface area contributed by atoms with Crippen molar-refractivity contribution in [2.45, 2.75) is 32.7 Å². The van der Waals surface area contributed by atoms with Crippen molar-refractivity contribution in [3.8, 4) is 0 Å².